The predicted molar refractivity (Wildman–Crippen MR) is 98.0 cm³/mol. The van der Waals surface area contributed by atoms with Crippen molar-refractivity contribution >= 4 is 5.91 Å². The van der Waals surface area contributed by atoms with E-state index in [1.165, 1.54) is 0 Å². The van der Waals surface area contributed by atoms with E-state index in [4.69, 9.17) is 9.47 Å². The second-order valence-corrected chi connectivity index (χ2v) is 6.67. The van der Waals surface area contributed by atoms with Crippen LogP contribution in [0.4, 0.5) is 0 Å². The van der Waals surface area contributed by atoms with Crippen molar-refractivity contribution in [3.8, 4) is 11.5 Å². The third kappa shape index (κ3) is 4.55. The summed E-state index contributed by atoms with van der Waals surface area (Å²) in [7, 11) is 0. The number of nitrogens with zero attached hydrogens (tertiary/aromatic N) is 4. The summed E-state index contributed by atoms with van der Waals surface area (Å²) in [5, 5.41) is 14.2. The molecule has 1 atom stereocenters. The molecule has 144 valence electrons. The molecule has 1 amide bonds. The molecule has 0 aliphatic carbocycles. The lowest BCUT2D eigenvalue weighted by Crippen LogP contribution is -2.44. The van der Waals surface area contributed by atoms with Gasteiger partial charge in [0.1, 0.15) is 12.7 Å². The zero-order valence-electron chi connectivity index (χ0n) is 15.1. The minimum Gasteiger partial charge on any atom is -0.486 e. The Morgan fingerprint density at radius 1 is 1.22 bits per heavy atom. The summed E-state index contributed by atoms with van der Waals surface area (Å²) in [5.41, 5.74) is 0.312. The highest BCUT2D eigenvalue weighted by Gasteiger charge is 2.22. The zero-order valence-corrected chi connectivity index (χ0v) is 15.1. The molecular weight excluding hydrogens is 348 g/mol. The number of hydrogen-bond acceptors (Lipinski definition) is 7. The Bertz CT molecular complexity index is 774. The standard InChI is InChI=1S/C18H24N6O3/c25-18(20-11-14-13-26-16-3-1-2-4-17(16)27-14)15-12-24(22-21-15)10-9-23-7-5-19-6-8-23/h1-4,12,14,19H,5-11,13H2,(H,20,25)/t14-/m0/s1. The first-order valence-corrected chi connectivity index (χ1v) is 9.28. The molecule has 27 heavy (non-hydrogen) atoms. The number of amides is 1. The van der Waals surface area contributed by atoms with Crippen molar-refractivity contribution in [1.82, 2.24) is 30.5 Å². The van der Waals surface area contributed by atoms with Crippen LogP contribution in [0.3, 0.4) is 0 Å². The minimum atomic E-state index is -0.258. The van der Waals surface area contributed by atoms with Gasteiger partial charge in [0.05, 0.1) is 19.3 Å². The first-order valence-electron chi connectivity index (χ1n) is 9.28. The first-order chi connectivity index (χ1) is 13.3. The van der Waals surface area contributed by atoms with Crippen LogP contribution in [0.25, 0.3) is 0 Å². The molecule has 4 rings (SSSR count). The number of piperazine rings is 1. The van der Waals surface area contributed by atoms with Gasteiger partial charge in [0.2, 0.25) is 0 Å². The molecule has 2 aromatic rings. The van der Waals surface area contributed by atoms with Gasteiger partial charge in [-0.2, -0.15) is 0 Å². The van der Waals surface area contributed by atoms with E-state index in [0.29, 0.717) is 24.6 Å². The number of benzene rings is 1. The predicted octanol–water partition coefficient (Wildman–Crippen LogP) is -0.247. The summed E-state index contributed by atoms with van der Waals surface area (Å²) in [6, 6.07) is 7.51. The second kappa shape index (κ2) is 8.36. The highest BCUT2D eigenvalue weighted by Crippen LogP contribution is 2.30. The smallest absolute Gasteiger partial charge is 0.273 e. The Labute approximate surface area is 157 Å². The average molecular weight is 372 g/mol. The molecule has 0 saturated carbocycles. The van der Waals surface area contributed by atoms with Crippen LogP contribution in [-0.2, 0) is 6.54 Å². The second-order valence-electron chi connectivity index (χ2n) is 6.67. The summed E-state index contributed by atoms with van der Waals surface area (Å²) in [4.78, 5) is 14.7. The number of rotatable bonds is 6. The summed E-state index contributed by atoms with van der Waals surface area (Å²) in [6.07, 6.45) is 1.46. The number of para-hydroxylation sites is 2. The van der Waals surface area contributed by atoms with Crippen molar-refractivity contribution < 1.29 is 14.3 Å². The fourth-order valence-electron chi connectivity index (χ4n) is 3.15. The SMILES string of the molecule is O=C(NC[C@H]1COc2ccccc2O1)c1cn(CCN2CCNCC2)nn1. The Hall–Kier alpha value is -2.65. The van der Waals surface area contributed by atoms with Crippen LogP contribution >= 0.6 is 0 Å². The van der Waals surface area contributed by atoms with E-state index in [-0.39, 0.29) is 12.0 Å². The van der Waals surface area contributed by atoms with Gasteiger partial charge in [0.25, 0.3) is 5.91 Å². The molecule has 2 N–H and O–H groups in total. The maximum Gasteiger partial charge on any atom is 0.273 e. The van der Waals surface area contributed by atoms with Gasteiger partial charge in [-0.1, -0.05) is 17.3 Å². The molecule has 1 aromatic heterocycles. The van der Waals surface area contributed by atoms with Crippen LogP contribution in [0.1, 0.15) is 10.5 Å². The normalized spacial score (nSPS) is 19.6. The number of carbonyl (C=O) groups excluding carboxylic acids is 1. The van der Waals surface area contributed by atoms with Gasteiger partial charge < -0.3 is 20.1 Å². The molecule has 2 aliphatic rings. The lowest BCUT2D eigenvalue weighted by Gasteiger charge is -2.26. The summed E-state index contributed by atoms with van der Waals surface area (Å²) < 4.78 is 13.2. The number of fused-ring (bicyclic) bond motifs is 1. The van der Waals surface area contributed by atoms with Crippen molar-refractivity contribution in [3.63, 3.8) is 0 Å². The maximum atomic E-state index is 12.3. The molecule has 3 heterocycles. The van der Waals surface area contributed by atoms with Crippen molar-refractivity contribution in [2.75, 3.05) is 45.9 Å². The van der Waals surface area contributed by atoms with Gasteiger partial charge in [-0.25, -0.2) is 0 Å². The van der Waals surface area contributed by atoms with Crippen LogP contribution in [-0.4, -0.2) is 77.8 Å². The molecule has 9 nitrogen and oxygen atoms in total. The third-order valence-corrected chi connectivity index (χ3v) is 4.68. The molecule has 0 radical (unpaired) electrons. The van der Waals surface area contributed by atoms with Crippen molar-refractivity contribution in [3.05, 3.63) is 36.2 Å². The van der Waals surface area contributed by atoms with Gasteiger partial charge in [0.15, 0.2) is 17.2 Å². The Balaban J connectivity index is 1.24. The molecule has 1 fully saturated rings. The number of ether oxygens (including phenoxy) is 2. The van der Waals surface area contributed by atoms with Crippen molar-refractivity contribution in [2.45, 2.75) is 12.6 Å². The molecule has 9 heteroatoms. The lowest BCUT2D eigenvalue weighted by atomic mass is 10.2. The van der Waals surface area contributed by atoms with Crippen LogP contribution < -0.4 is 20.1 Å². The number of aromatic nitrogens is 3. The largest absolute Gasteiger partial charge is 0.486 e. The molecule has 2 aliphatic heterocycles. The van der Waals surface area contributed by atoms with Crippen LogP contribution in [0, 0.1) is 0 Å². The van der Waals surface area contributed by atoms with Crippen molar-refractivity contribution in [2.24, 2.45) is 0 Å². The van der Waals surface area contributed by atoms with Gasteiger partial charge in [-0.05, 0) is 12.1 Å². The van der Waals surface area contributed by atoms with Gasteiger partial charge in [-0.3, -0.25) is 14.4 Å². The number of carbonyl (C=O) groups is 1. The van der Waals surface area contributed by atoms with E-state index in [9.17, 15) is 4.79 Å². The fraction of sp³-hybridized carbons (Fsp3) is 0.500. The summed E-state index contributed by atoms with van der Waals surface area (Å²) in [6.45, 7) is 6.47. The summed E-state index contributed by atoms with van der Waals surface area (Å²) >= 11 is 0. The highest BCUT2D eigenvalue weighted by molar-refractivity contribution is 5.91. The summed E-state index contributed by atoms with van der Waals surface area (Å²) in [5.74, 6) is 1.17. The first kappa shape index (κ1) is 17.7. The highest BCUT2D eigenvalue weighted by atomic mass is 16.6. The van der Waals surface area contributed by atoms with Crippen LogP contribution in [0.15, 0.2) is 30.5 Å². The quantitative estimate of drug-likeness (QED) is 0.722. The molecule has 0 unspecified atom stereocenters. The van der Waals surface area contributed by atoms with E-state index in [1.807, 2.05) is 24.3 Å². The Morgan fingerprint density at radius 2 is 2.04 bits per heavy atom. The third-order valence-electron chi connectivity index (χ3n) is 4.68. The van der Waals surface area contributed by atoms with Gasteiger partial charge in [0, 0.05) is 32.7 Å². The molecule has 1 aromatic carbocycles. The monoisotopic (exact) mass is 372 g/mol. The molecular formula is C18H24N6O3. The van der Waals surface area contributed by atoms with E-state index in [2.05, 4.69) is 25.8 Å². The Kier molecular flexibility index (Phi) is 5.50. The van der Waals surface area contributed by atoms with E-state index < -0.39 is 0 Å². The van der Waals surface area contributed by atoms with Gasteiger partial charge >= 0.3 is 0 Å². The fourth-order valence-corrected chi connectivity index (χ4v) is 3.15. The minimum absolute atomic E-state index is 0.230. The molecule has 0 spiro atoms. The van der Waals surface area contributed by atoms with Crippen LogP contribution in [0.5, 0.6) is 11.5 Å². The van der Waals surface area contributed by atoms with E-state index in [0.717, 1.165) is 45.0 Å². The average Bonchev–Trinajstić information content (AvgIpc) is 3.20. The van der Waals surface area contributed by atoms with E-state index in [1.54, 1.807) is 10.9 Å². The van der Waals surface area contributed by atoms with E-state index >= 15 is 0 Å². The zero-order chi connectivity index (χ0) is 18.5. The topological polar surface area (TPSA) is 93.5 Å². The molecule has 1 saturated heterocycles. The lowest BCUT2D eigenvalue weighted by molar-refractivity contribution is 0.0786. The maximum absolute atomic E-state index is 12.3. The van der Waals surface area contributed by atoms with Gasteiger partial charge in [-0.15, -0.1) is 5.10 Å². The molecule has 0 bridgehead atoms. The number of nitrogens with one attached hydrogen (secondary N) is 2. The number of hydrogen-bond donors (Lipinski definition) is 2. The van der Waals surface area contributed by atoms with Crippen molar-refractivity contribution in [1.29, 1.82) is 0 Å². The Morgan fingerprint density at radius 3 is 2.89 bits per heavy atom. The van der Waals surface area contributed by atoms with Crippen LogP contribution in [0.2, 0.25) is 0 Å².